The number of unbranched alkanes of at least 4 members (excludes halogenated alkanes) is 53. The molecule has 466 valence electrons. The standard InChI is InChI=1S/C69H137NO8/c1-3-5-7-9-11-13-15-17-19-20-21-22-23-24-25-26-27-28-29-30-31-32-33-34-35-36-37-38-39-40-41-42-43-45-47-49-51-53-55-57-59-65(73)70-62(61-77-69-68(76)67(75)66(74)64(60-71)78-69)63(72)58-56-54-52-50-48-46-44-18-16-14-12-10-8-6-4-2/h62-64,66-69,71-72,74-76H,3-61H2,1-2H3,(H,70,73). The zero-order chi connectivity index (χ0) is 56.5. The molecule has 9 nitrogen and oxygen atoms in total. The maximum Gasteiger partial charge on any atom is 0.220 e. The fourth-order valence-electron chi connectivity index (χ4n) is 11.9. The zero-order valence-corrected chi connectivity index (χ0v) is 52.2. The smallest absolute Gasteiger partial charge is 0.220 e. The van der Waals surface area contributed by atoms with E-state index in [-0.39, 0.29) is 12.5 Å². The zero-order valence-electron chi connectivity index (χ0n) is 52.2. The van der Waals surface area contributed by atoms with Crippen LogP contribution >= 0.6 is 0 Å². The summed E-state index contributed by atoms with van der Waals surface area (Å²) in [5, 5.41) is 54.8. The Labute approximate surface area is 484 Å². The Balaban J connectivity index is 1.99. The molecule has 7 unspecified atom stereocenters. The van der Waals surface area contributed by atoms with Crippen LogP contribution in [0.2, 0.25) is 0 Å². The molecule has 0 aromatic rings. The molecular weight excluding hydrogens is 971 g/mol. The summed E-state index contributed by atoms with van der Waals surface area (Å²) >= 11 is 0. The fraction of sp³-hybridized carbons (Fsp3) is 0.986. The maximum absolute atomic E-state index is 13.1. The summed E-state index contributed by atoms with van der Waals surface area (Å²) in [6, 6.07) is -0.714. The lowest BCUT2D eigenvalue weighted by molar-refractivity contribution is -0.302. The van der Waals surface area contributed by atoms with E-state index in [1.807, 2.05) is 0 Å². The van der Waals surface area contributed by atoms with E-state index in [2.05, 4.69) is 19.2 Å². The van der Waals surface area contributed by atoms with E-state index < -0.39 is 49.5 Å². The van der Waals surface area contributed by atoms with E-state index in [4.69, 9.17) is 9.47 Å². The van der Waals surface area contributed by atoms with Crippen molar-refractivity contribution in [3.8, 4) is 0 Å². The first-order chi connectivity index (χ1) is 38.3. The Morgan fingerprint density at radius 3 is 0.910 bits per heavy atom. The molecule has 1 amide bonds. The lowest BCUT2D eigenvalue weighted by Crippen LogP contribution is -2.60. The van der Waals surface area contributed by atoms with Crippen LogP contribution in [0.4, 0.5) is 0 Å². The summed E-state index contributed by atoms with van der Waals surface area (Å²) in [5.74, 6) is -0.135. The first-order valence-electron chi connectivity index (χ1n) is 35.2. The van der Waals surface area contributed by atoms with Gasteiger partial charge in [-0.25, -0.2) is 0 Å². The number of rotatable bonds is 63. The van der Waals surface area contributed by atoms with Gasteiger partial charge in [-0.05, 0) is 12.8 Å². The molecule has 9 heteroatoms. The Kier molecular flexibility index (Phi) is 57.2. The monoisotopic (exact) mass is 1110 g/mol. The molecule has 78 heavy (non-hydrogen) atoms. The van der Waals surface area contributed by atoms with Crippen molar-refractivity contribution in [3.63, 3.8) is 0 Å². The lowest BCUT2D eigenvalue weighted by atomic mass is 9.99. The van der Waals surface area contributed by atoms with Gasteiger partial charge < -0.3 is 40.3 Å². The van der Waals surface area contributed by atoms with Crippen LogP contribution in [0.25, 0.3) is 0 Å². The Morgan fingerprint density at radius 1 is 0.385 bits per heavy atom. The van der Waals surface area contributed by atoms with Crippen molar-refractivity contribution in [2.24, 2.45) is 0 Å². The second kappa shape index (κ2) is 59.4. The van der Waals surface area contributed by atoms with Gasteiger partial charge in [0.1, 0.15) is 24.4 Å². The van der Waals surface area contributed by atoms with E-state index in [0.717, 1.165) is 38.5 Å². The normalized spacial score (nSPS) is 18.5. The Hall–Kier alpha value is -0.810. The van der Waals surface area contributed by atoms with Gasteiger partial charge in [-0.3, -0.25) is 4.79 Å². The van der Waals surface area contributed by atoms with Crippen LogP contribution in [0.3, 0.4) is 0 Å². The van der Waals surface area contributed by atoms with Crippen LogP contribution in [-0.2, 0) is 14.3 Å². The van der Waals surface area contributed by atoms with E-state index in [9.17, 15) is 30.3 Å². The van der Waals surface area contributed by atoms with E-state index >= 15 is 0 Å². The average Bonchev–Trinajstić information content (AvgIpc) is 3.45. The summed E-state index contributed by atoms with van der Waals surface area (Å²) in [6.07, 6.45) is 67.7. The highest BCUT2D eigenvalue weighted by atomic mass is 16.7. The summed E-state index contributed by atoms with van der Waals surface area (Å²) < 4.78 is 11.3. The highest BCUT2D eigenvalue weighted by Gasteiger charge is 2.44. The molecule has 0 saturated carbocycles. The van der Waals surface area contributed by atoms with E-state index in [0.29, 0.717) is 12.8 Å². The largest absolute Gasteiger partial charge is 0.394 e. The number of hydrogen-bond acceptors (Lipinski definition) is 8. The third kappa shape index (κ3) is 47.7. The average molecular weight is 1110 g/mol. The summed E-state index contributed by atoms with van der Waals surface area (Å²) in [6.45, 7) is 3.89. The lowest BCUT2D eigenvalue weighted by Gasteiger charge is -2.40. The summed E-state index contributed by atoms with van der Waals surface area (Å²) in [5.41, 5.74) is 0. The van der Waals surface area contributed by atoms with Gasteiger partial charge in [-0.15, -0.1) is 0 Å². The molecule has 1 aliphatic heterocycles. The van der Waals surface area contributed by atoms with Gasteiger partial charge in [0.15, 0.2) is 6.29 Å². The molecule has 1 aliphatic rings. The first-order valence-corrected chi connectivity index (χ1v) is 35.2. The topological polar surface area (TPSA) is 149 Å². The minimum Gasteiger partial charge on any atom is -0.394 e. The molecule has 0 spiro atoms. The maximum atomic E-state index is 13.1. The van der Waals surface area contributed by atoms with Crippen molar-refractivity contribution >= 4 is 5.91 Å². The second-order valence-electron chi connectivity index (χ2n) is 25.0. The predicted molar refractivity (Wildman–Crippen MR) is 332 cm³/mol. The van der Waals surface area contributed by atoms with Crippen molar-refractivity contribution in [1.29, 1.82) is 0 Å². The van der Waals surface area contributed by atoms with Gasteiger partial charge in [0.25, 0.3) is 0 Å². The molecule has 1 rings (SSSR count). The summed E-state index contributed by atoms with van der Waals surface area (Å²) in [7, 11) is 0. The predicted octanol–water partition coefficient (Wildman–Crippen LogP) is 18.9. The molecule has 0 aromatic heterocycles. The van der Waals surface area contributed by atoms with Gasteiger partial charge in [-0.1, -0.05) is 361 Å². The molecule has 0 radical (unpaired) electrons. The number of hydrogen-bond donors (Lipinski definition) is 6. The summed E-state index contributed by atoms with van der Waals surface area (Å²) in [4.78, 5) is 13.1. The van der Waals surface area contributed by atoms with Gasteiger partial charge in [0, 0.05) is 6.42 Å². The van der Waals surface area contributed by atoms with Crippen LogP contribution in [0, 0.1) is 0 Å². The van der Waals surface area contributed by atoms with E-state index in [1.165, 1.54) is 315 Å². The van der Waals surface area contributed by atoms with Crippen LogP contribution < -0.4 is 5.32 Å². The highest BCUT2D eigenvalue weighted by molar-refractivity contribution is 5.76. The SMILES string of the molecule is CCCCCCCCCCCCCCCCCCCCCCCCCCCCCCCCCCCCCCCCCCC(=O)NC(COC1OC(CO)C(O)C(O)C1O)C(O)CCCCCCCCCCCCCCCCC. The van der Waals surface area contributed by atoms with Crippen molar-refractivity contribution in [1.82, 2.24) is 5.32 Å². The first kappa shape index (κ1) is 75.2. The fourth-order valence-corrected chi connectivity index (χ4v) is 11.9. The molecule has 1 saturated heterocycles. The number of nitrogens with one attached hydrogen (secondary N) is 1. The van der Waals surface area contributed by atoms with Gasteiger partial charge in [-0.2, -0.15) is 0 Å². The number of amides is 1. The Bertz CT molecular complexity index is 1190. The Morgan fingerprint density at radius 2 is 0.641 bits per heavy atom. The number of aliphatic hydroxyl groups is 5. The van der Waals surface area contributed by atoms with Crippen molar-refractivity contribution < 1.29 is 39.8 Å². The second-order valence-corrected chi connectivity index (χ2v) is 25.0. The molecule has 1 heterocycles. The van der Waals surface area contributed by atoms with Crippen LogP contribution in [0.15, 0.2) is 0 Å². The van der Waals surface area contributed by atoms with Crippen molar-refractivity contribution in [3.05, 3.63) is 0 Å². The highest BCUT2D eigenvalue weighted by Crippen LogP contribution is 2.24. The van der Waals surface area contributed by atoms with Crippen LogP contribution in [0.1, 0.15) is 380 Å². The van der Waals surface area contributed by atoms with Gasteiger partial charge in [0.2, 0.25) is 5.91 Å². The number of aliphatic hydroxyl groups excluding tert-OH is 5. The minimum atomic E-state index is -1.55. The third-order valence-corrected chi connectivity index (χ3v) is 17.5. The number of carbonyl (C=O) groups excluding carboxylic acids is 1. The molecule has 0 bridgehead atoms. The third-order valence-electron chi connectivity index (χ3n) is 17.5. The van der Waals surface area contributed by atoms with Crippen molar-refractivity contribution in [2.45, 2.75) is 423 Å². The van der Waals surface area contributed by atoms with Crippen LogP contribution in [-0.4, -0.2) is 87.5 Å². The number of carbonyl (C=O) groups is 1. The molecule has 0 aromatic carbocycles. The van der Waals surface area contributed by atoms with Crippen molar-refractivity contribution in [2.75, 3.05) is 13.2 Å². The van der Waals surface area contributed by atoms with Gasteiger partial charge in [0.05, 0.1) is 25.4 Å². The van der Waals surface area contributed by atoms with Gasteiger partial charge >= 0.3 is 0 Å². The molecule has 7 atom stereocenters. The molecule has 1 fully saturated rings. The quantitative estimate of drug-likeness (QED) is 0.0330. The van der Waals surface area contributed by atoms with Crippen LogP contribution in [0.5, 0.6) is 0 Å². The number of ether oxygens (including phenoxy) is 2. The molecular formula is C69H137NO8. The van der Waals surface area contributed by atoms with E-state index in [1.54, 1.807) is 0 Å². The molecule has 0 aliphatic carbocycles. The minimum absolute atomic E-state index is 0.131. The molecule has 6 N–H and O–H groups in total.